The number of hydrogen-bond donors (Lipinski definition) is 3. The second kappa shape index (κ2) is 9.13. The summed E-state index contributed by atoms with van der Waals surface area (Å²) in [6, 6.07) is 7.35. The van der Waals surface area contributed by atoms with Gasteiger partial charge in [-0.2, -0.15) is 0 Å². The molecule has 0 bridgehead atoms. The molecule has 0 aliphatic rings. The number of carboxylic acid groups (broad SMARTS) is 1. The van der Waals surface area contributed by atoms with Crippen molar-refractivity contribution in [2.75, 3.05) is 6.54 Å². The van der Waals surface area contributed by atoms with Crippen LogP contribution in [0.1, 0.15) is 34.9 Å². The molecule has 1 heterocycles. The molecule has 3 N–H and O–H groups in total. The molecule has 0 saturated carbocycles. The number of nitrogens with one attached hydrogen (secondary N) is 1. The first-order chi connectivity index (χ1) is 11.4. The Bertz CT molecular complexity index is 677. The molecule has 24 heavy (non-hydrogen) atoms. The Labute approximate surface area is 150 Å². The maximum absolute atomic E-state index is 10.6. The third-order valence-electron chi connectivity index (χ3n) is 3.56. The van der Waals surface area contributed by atoms with Crippen LogP contribution in [0, 0.1) is 0 Å². The molecule has 1 aromatic carbocycles. The topological polar surface area (TPSA) is 82.5 Å². The van der Waals surface area contributed by atoms with Gasteiger partial charge >= 0.3 is 5.97 Å². The van der Waals surface area contributed by atoms with E-state index in [4.69, 9.17) is 16.7 Å². The monoisotopic (exact) mass is 368 g/mol. The van der Waals surface area contributed by atoms with Gasteiger partial charge in [0.15, 0.2) is 0 Å². The van der Waals surface area contributed by atoms with E-state index < -0.39 is 12.1 Å². The number of hydrogen-bond acceptors (Lipinski definition) is 5. The highest BCUT2D eigenvalue weighted by Gasteiger charge is 2.12. The van der Waals surface area contributed by atoms with Crippen molar-refractivity contribution in [3.63, 3.8) is 0 Å². The van der Waals surface area contributed by atoms with E-state index in [-0.39, 0.29) is 12.5 Å². The average molecular weight is 369 g/mol. The summed E-state index contributed by atoms with van der Waals surface area (Å²) >= 11 is 7.47. The number of aliphatic hydroxyl groups excluding tert-OH is 1. The highest BCUT2D eigenvalue weighted by atomic mass is 35.5. The first kappa shape index (κ1) is 18.9. The van der Waals surface area contributed by atoms with Crippen LogP contribution in [0.3, 0.4) is 0 Å². The van der Waals surface area contributed by atoms with E-state index in [0.717, 1.165) is 21.9 Å². The van der Waals surface area contributed by atoms with E-state index in [1.165, 1.54) is 0 Å². The molecule has 0 amide bonds. The van der Waals surface area contributed by atoms with E-state index in [0.29, 0.717) is 18.0 Å². The summed E-state index contributed by atoms with van der Waals surface area (Å²) in [5.41, 5.74) is 0.785. The van der Waals surface area contributed by atoms with Crippen LogP contribution in [0.4, 0.5) is 0 Å². The lowest BCUT2D eigenvalue weighted by Crippen LogP contribution is -2.32. The van der Waals surface area contributed by atoms with E-state index >= 15 is 0 Å². The molecule has 2 rings (SSSR count). The maximum Gasteiger partial charge on any atom is 0.303 e. The number of rotatable bonds is 9. The molecule has 0 saturated heterocycles. The summed E-state index contributed by atoms with van der Waals surface area (Å²) in [6.07, 6.45) is 2.51. The molecule has 0 fully saturated rings. The van der Waals surface area contributed by atoms with Crippen molar-refractivity contribution in [3.8, 4) is 0 Å². The Hall–Kier alpha value is -1.47. The van der Waals surface area contributed by atoms with Crippen molar-refractivity contribution < 1.29 is 15.0 Å². The normalized spacial score (nSPS) is 13.6. The van der Waals surface area contributed by atoms with Gasteiger partial charge in [-0.15, -0.1) is 11.3 Å². The minimum absolute atomic E-state index is 0.126. The van der Waals surface area contributed by atoms with E-state index in [2.05, 4.69) is 10.3 Å². The van der Waals surface area contributed by atoms with E-state index in [9.17, 15) is 9.90 Å². The number of nitrogens with zero attached hydrogens (tertiary/aromatic N) is 1. The van der Waals surface area contributed by atoms with Crippen LogP contribution < -0.4 is 5.32 Å². The van der Waals surface area contributed by atoms with E-state index in [1.54, 1.807) is 29.7 Å². The van der Waals surface area contributed by atoms with Gasteiger partial charge in [-0.25, -0.2) is 4.98 Å². The molecule has 0 aliphatic carbocycles. The van der Waals surface area contributed by atoms with Crippen molar-refractivity contribution in [2.24, 2.45) is 0 Å². The standard InChI is InChI=1S/C17H21ClN2O3S/c1-11(7-16-20-9-14(24-16)5-6-17(22)23)19-10-15(21)12-3-2-4-13(18)8-12/h2-4,8-9,11,15,19,21H,5-7,10H2,1H3,(H,22,23). The first-order valence-electron chi connectivity index (χ1n) is 7.76. The second-order valence-electron chi connectivity index (χ2n) is 5.70. The summed E-state index contributed by atoms with van der Waals surface area (Å²) < 4.78 is 0. The molecule has 130 valence electrons. The Kier molecular flexibility index (Phi) is 7.17. The third-order valence-corrected chi connectivity index (χ3v) is 4.88. The van der Waals surface area contributed by atoms with Gasteiger partial charge in [0.2, 0.25) is 0 Å². The summed E-state index contributed by atoms with van der Waals surface area (Å²) in [4.78, 5) is 15.9. The third kappa shape index (κ3) is 6.20. The van der Waals surface area contributed by atoms with Crippen LogP contribution in [0.15, 0.2) is 30.5 Å². The van der Waals surface area contributed by atoms with Gasteiger partial charge in [0.05, 0.1) is 17.5 Å². The smallest absolute Gasteiger partial charge is 0.303 e. The molecule has 5 nitrogen and oxygen atoms in total. The molecular formula is C17H21ClN2O3S. The second-order valence-corrected chi connectivity index (χ2v) is 7.33. The molecule has 2 atom stereocenters. The highest BCUT2D eigenvalue weighted by molar-refractivity contribution is 7.11. The van der Waals surface area contributed by atoms with Crippen LogP contribution in [-0.2, 0) is 17.6 Å². The average Bonchev–Trinajstić information content (AvgIpc) is 2.98. The van der Waals surface area contributed by atoms with Crippen molar-refractivity contribution in [1.29, 1.82) is 0 Å². The van der Waals surface area contributed by atoms with Crippen LogP contribution in [0.25, 0.3) is 0 Å². The number of thiazole rings is 1. The lowest BCUT2D eigenvalue weighted by atomic mass is 10.1. The molecule has 0 radical (unpaired) electrons. The molecule has 7 heteroatoms. The lowest BCUT2D eigenvalue weighted by molar-refractivity contribution is -0.136. The fourth-order valence-electron chi connectivity index (χ4n) is 2.27. The maximum atomic E-state index is 10.6. The fraction of sp³-hybridized carbons (Fsp3) is 0.412. The number of carbonyl (C=O) groups is 1. The highest BCUT2D eigenvalue weighted by Crippen LogP contribution is 2.18. The Morgan fingerprint density at radius 2 is 2.25 bits per heavy atom. The van der Waals surface area contributed by atoms with Crippen LogP contribution in [0.5, 0.6) is 0 Å². The van der Waals surface area contributed by atoms with Crippen LogP contribution in [0.2, 0.25) is 5.02 Å². The number of carboxylic acids is 1. The molecule has 2 unspecified atom stereocenters. The number of aryl methyl sites for hydroxylation is 1. The molecule has 2 aromatic rings. The summed E-state index contributed by atoms with van der Waals surface area (Å²) in [5, 5.41) is 23.8. The van der Waals surface area contributed by atoms with Gasteiger partial charge in [-0.3, -0.25) is 4.79 Å². The number of aliphatic hydroxyl groups is 1. The van der Waals surface area contributed by atoms with Crippen LogP contribution in [-0.4, -0.2) is 33.8 Å². The van der Waals surface area contributed by atoms with Gasteiger partial charge in [-0.05, 0) is 31.0 Å². The number of aliphatic carboxylic acids is 1. The minimum atomic E-state index is -0.796. The predicted molar refractivity (Wildman–Crippen MR) is 95.7 cm³/mol. The van der Waals surface area contributed by atoms with Gasteiger partial charge < -0.3 is 15.5 Å². The first-order valence-corrected chi connectivity index (χ1v) is 8.95. The number of benzene rings is 1. The van der Waals surface area contributed by atoms with Gasteiger partial charge in [0.25, 0.3) is 0 Å². The predicted octanol–water partition coefficient (Wildman–Crippen LogP) is 3.07. The van der Waals surface area contributed by atoms with Crippen molar-refractivity contribution >= 4 is 28.9 Å². The fourth-order valence-corrected chi connectivity index (χ4v) is 3.52. The minimum Gasteiger partial charge on any atom is -0.481 e. The van der Waals surface area contributed by atoms with Crippen molar-refractivity contribution in [3.05, 3.63) is 50.9 Å². The van der Waals surface area contributed by atoms with Crippen molar-refractivity contribution in [2.45, 2.75) is 38.3 Å². The van der Waals surface area contributed by atoms with E-state index in [1.807, 2.05) is 19.1 Å². The molecule has 1 aromatic heterocycles. The summed E-state index contributed by atoms with van der Waals surface area (Å²) in [5.74, 6) is -0.796. The van der Waals surface area contributed by atoms with Gasteiger partial charge in [-0.1, -0.05) is 23.7 Å². The molecular weight excluding hydrogens is 348 g/mol. The van der Waals surface area contributed by atoms with Crippen molar-refractivity contribution in [1.82, 2.24) is 10.3 Å². The SMILES string of the molecule is CC(Cc1ncc(CCC(=O)O)s1)NCC(O)c1cccc(Cl)c1. The van der Waals surface area contributed by atoms with Gasteiger partial charge in [0.1, 0.15) is 0 Å². The Balaban J connectivity index is 1.78. The Morgan fingerprint density at radius 3 is 2.96 bits per heavy atom. The van der Waals surface area contributed by atoms with Crippen LogP contribution >= 0.6 is 22.9 Å². The summed E-state index contributed by atoms with van der Waals surface area (Å²) in [6.45, 7) is 2.46. The molecule has 0 aliphatic heterocycles. The summed E-state index contributed by atoms with van der Waals surface area (Å²) in [7, 11) is 0. The zero-order chi connectivity index (χ0) is 17.5. The number of halogens is 1. The lowest BCUT2D eigenvalue weighted by Gasteiger charge is -2.16. The van der Waals surface area contributed by atoms with Gasteiger partial charge in [0, 0.05) is 35.1 Å². The molecule has 0 spiro atoms. The largest absolute Gasteiger partial charge is 0.481 e. The Morgan fingerprint density at radius 1 is 1.46 bits per heavy atom. The zero-order valence-corrected chi connectivity index (χ0v) is 15.0. The quantitative estimate of drug-likeness (QED) is 0.633. The number of aromatic nitrogens is 1. The zero-order valence-electron chi connectivity index (χ0n) is 13.4.